The molecule has 0 fully saturated rings. The SMILES string of the molecule is CCOC(=O)C1=C(C)N=c2s/c(=C/c3ccc(OC)c(Br)c3)c(=O)n2[C@@H]1c1ccc(SC)cc1. The van der Waals surface area contributed by atoms with Crippen LogP contribution >= 0.6 is 39.0 Å². The first-order valence-corrected chi connectivity index (χ1v) is 13.4. The van der Waals surface area contributed by atoms with Gasteiger partial charge in [-0.2, -0.15) is 0 Å². The second-order valence-corrected chi connectivity index (χ2v) is 10.2. The Morgan fingerprint density at radius 2 is 2.00 bits per heavy atom. The zero-order valence-electron chi connectivity index (χ0n) is 19.1. The first-order chi connectivity index (χ1) is 16.4. The fourth-order valence-electron chi connectivity index (χ4n) is 3.82. The summed E-state index contributed by atoms with van der Waals surface area (Å²) < 4.78 is 13.6. The van der Waals surface area contributed by atoms with Crippen molar-refractivity contribution in [2.24, 2.45) is 4.99 Å². The first kappa shape index (κ1) is 24.5. The molecule has 0 spiro atoms. The van der Waals surface area contributed by atoms with E-state index in [1.807, 2.05) is 54.8 Å². The van der Waals surface area contributed by atoms with Crippen LogP contribution in [0, 0.1) is 0 Å². The van der Waals surface area contributed by atoms with Crippen molar-refractivity contribution in [2.45, 2.75) is 24.8 Å². The molecule has 1 aromatic heterocycles. The number of allylic oxidation sites excluding steroid dienone is 1. The molecule has 0 bridgehead atoms. The standard InChI is InChI=1S/C25H23BrN2O4S2/c1-5-32-24(30)21-14(2)27-25-28(22(21)16-7-9-17(33-4)10-8-16)23(29)20(34-25)13-15-6-11-19(31-3)18(26)12-15/h6-13,22H,5H2,1-4H3/b20-13+/t22-/m1/s1. The Labute approximate surface area is 213 Å². The monoisotopic (exact) mass is 558 g/mol. The van der Waals surface area contributed by atoms with Gasteiger partial charge in [0.25, 0.3) is 5.56 Å². The van der Waals surface area contributed by atoms with Gasteiger partial charge >= 0.3 is 5.97 Å². The van der Waals surface area contributed by atoms with Gasteiger partial charge in [0.05, 0.1) is 40.0 Å². The number of fused-ring (bicyclic) bond motifs is 1. The average Bonchev–Trinajstić information content (AvgIpc) is 3.12. The van der Waals surface area contributed by atoms with Gasteiger partial charge in [0.1, 0.15) is 5.75 Å². The van der Waals surface area contributed by atoms with Crippen LogP contribution in [-0.4, -0.2) is 30.5 Å². The average molecular weight is 560 g/mol. The number of rotatable bonds is 6. The number of hydrogen-bond donors (Lipinski definition) is 0. The number of aromatic nitrogens is 1. The van der Waals surface area contributed by atoms with Crippen molar-refractivity contribution in [2.75, 3.05) is 20.0 Å². The highest BCUT2D eigenvalue weighted by molar-refractivity contribution is 9.10. The number of nitrogens with zero attached hydrogens (tertiary/aromatic N) is 2. The second-order valence-electron chi connectivity index (χ2n) is 7.47. The van der Waals surface area contributed by atoms with Gasteiger partial charge in [-0.3, -0.25) is 9.36 Å². The van der Waals surface area contributed by atoms with Crippen molar-refractivity contribution < 1.29 is 14.3 Å². The number of ether oxygens (including phenoxy) is 2. The maximum Gasteiger partial charge on any atom is 0.338 e. The first-order valence-electron chi connectivity index (χ1n) is 10.5. The van der Waals surface area contributed by atoms with Crippen molar-refractivity contribution in [1.82, 2.24) is 4.57 Å². The summed E-state index contributed by atoms with van der Waals surface area (Å²) in [6.07, 6.45) is 3.83. The Balaban J connectivity index is 1.92. The number of methoxy groups -OCH3 is 1. The number of carbonyl (C=O) groups excluding carboxylic acids is 1. The Kier molecular flexibility index (Phi) is 7.45. The molecule has 1 atom stereocenters. The molecule has 0 aliphatic carbocycles. The molecule has 0 saturated heterocycles. The number of thiazole rings is 1. The van der Waals surface area contributed by atoms with E-state index in [9.17, 15) is 9.59 Å². The largest absolute Gasteiger partial charge is 0.496 e. The molecular formula is C25H23BrN2O4S2. The fraction of sp³-hybridized carbons (Fsp3) is 0.240. The Bertz CT molecular complexity index is 1460. The van der Waals surface area contributed by atoms with Gasteiger partial charge in [-0.25, -0.2) is 9.79 Å². The molecule has 176 valence electrons. The van der Waals surface area contributed by atoms with E-state index in [1.54, 1.807) is 37.3 Å². The van der Waals surface area contributed by atoms with E-state index in [0.717, 1.165) is 20.5 Å². The zero-order valence-corrected chi connectivity index (χ0v) is 22.3. The van der Waals surface area contributed by atoms with Gasteiger partial charge in [0.15, 0.2) is 4.80 Å². The number of halogens is 1. The van der Waals surface area contributed by atoms with Crippen LogP contribution < -0.4 is 19.6 Å². The number of carbonyl (C=O) groups is 1. The summed E-state index contributed by atoms with van der Waals surface area (Å²) in [5.41, 5.74) is 2.40. The topological polar surface area (TPSA) is 69.9 Å². The maximum atomic E-state index is 13.6. The normalized spacial score (nSPS) is 15.7. The lowest BCUT2D eigenvalue weighted by Crippen LogP contribution is -2.39. The van der Waals surface area contributed by atoms with E-state index < -0.39 is 12.0 Å². The molecule has 0 unspecified atom stereocenters. The number of thioether (sulfide) groups is 1. The third kappa shape index (κ3) is 4.64. The van der Waals surface area contributed by atoms with Crippen LogP contribution in [0.2, 0.25) is 0 Å². The van der Waals surface area contributed by atoms with Crippen LogP contribution in [0.3, 0.4) is 0 Å². The summed E-state index contributed by atoms with van der Waals surface area (Å²) >= 11 is 6.42. The van der Waals surface area contributed by atoms with E-state index in [1.165, 1.54) is 11.3 Å². The summed E-state index contributed by atoms with van der Waals surface area (Å²) in [7, 11) is 1.60. The zero-order chi connectivity index (χ0) is 24.4. The summed E-state index contributed by atoms with van der Waals surface area (Å²) in [4.78, 5) is 32.8. The molecule has 0 saturated carbocycles. The minimum atomic E-state index is -0.615. The van der Waals surface area contributed by atoms with Crippen LogP contribution in [-0.2, 0) is 9.53 Å². The highest BCUT2D eigenvalue weighted by atomic mass is 79.9. The molecule has 9 heteroatoms. The van der Waals surface area contributed by atoms with Crippen molar-refractivity contribution in [3.63, 3.8) is 0 Å². The van der Waals surface area contributed by atoms with Gasteiger partial charge in [0, 0.05) is 4.90 Å². The van der Waals surface area contributed by atoms with E-state index in [0.29, 0.717) is 26.4 Å². The van der Waals surface area contributed by atoms with E-state index in [-0.39, 0.29) is 12.2 Å². The molecule has 34 heavy (non-hydrogen) atoms. The van der Waals surface area contributed by atoms with Gasteiger partial charge in [-0.15, -0.1) is 11.8 Å². The molecule has 0 radical (unpaired) electrons. The third-order valence-electron chi connectivity index (χ3n) is 5.42. The second kappa shape index (κ2) is 10.3. The molecule has 1 aliphatic heterocycles. The number of benzene rings is 2. The fourth-order valence-corrected chi connectivity index (χ4v) is 5.83. The predicted molar refractivity (Wildman–Crippen MR) is 139 cm³/mol. The van der Waals surface area contributed by atoms with Crippen LogP contribution in [0.5, 0.6) is 5.75 Å². The Morgan fingerprint density at radius 3 is 2.62 bits per heavy atom. The van der Waals surface area contributed by atoms with E-state index in [4.69, 9.17) is 9.47 Å². The van der Waals surface area contributed by atoms with Crippen LogP contribution in [0.4, 0.5) is 0 Å². The summed E-state index contributed by atoms with van der Waals surface area (Å²) in [5.74, 6) is 0.248. The van der Waals surface area contributed by atoms with Gasteiger partial charge in [-0.1, -0.05) is 29.5 Å². The lowest BCUT2D eigenvalue weighted by Gasteiger charge is -2.24. The molecule has 3 aromatic rings. The van der Waals surface area contributed by atoms with Crippen LogP contribution in [0.15, 0.2) is 72.9 Å². The molecule has 2 aromatic carbocycles. The number of hydrogen-bond acceptors (Lipinski definition) is 7. The highest BCUT2D eigenvalue weighted by Crippen LogP contribution is 2.32. The third-order valence-corrected chi connectivity index (χ3v) is 7.77. The molecule has 4 rings (SSSR count). The van der Waals surface area contributed by atoms with Crippen molar-refractivity contribution in [3.05, 3.63) is 89.0 Å². The summed E-state index contributed by atoms with van der Waals surface area (Å²) in [5, 5.41) is 0. The van der Waals surface area contributed by atoms with Gasteiger partial charge in [-0.05, 0) is 77.5 Å². The predicted octanol–water partition coefficient (Wildman–Crippen LogP) is 4.29. The van der Waals surface area contributed by atoms with Crippen LogP contribution in [0.25, 0.3) is 6.08 Å². The number of esters is 1. The minimum Gasteiger partial charge on any atom is -0.496 e. The highest BCUT2D eigenvalue weighted by Gasteiger charge is 2.33. The molecule has 0 amide bonds. The van der Waals surface area contributed by atoms with Gasteiger partial charge in [0.2, 0.25) is 0 Å². The lowest BCUT2D eigenvalue weighted by atomic mass is 9.96. The molecule has 2 heterocycles. The summed E-state index contributed by atoms with van der Waals surface area (Å²) in [6, 6.07) is 12.9. The molecule has 0 N–H and O–H groups in total. The maximum absolute atomic E-state index is 13.6. The smallest absolute Gasteiger partial charge is 0.338 e. The Hall–Kier alpha value is -2.62. The molecule has 1 aliphatic rings. The van der Waals surface area contributed by atoms with Crippen molar-refractivity contribution in [1.29, 1.82) is 0 Å². The van der Waals surface area contributed by atoms with E-state index in [2.05, 4.69) is 20.9 Å². The molecular weight excluding hydrogens is 536 g/mol. The minimum absolute atomic E-state index is 0.205. The van der Waals surface area contributed by atoms with Gasteiger partial charge < -0.3 is 9.47 Å². The van der Waals surface area contributed by atoms with Crippen molar-refractivity contribution in [3.8, 4) is 5.75 Å². The van der Waals surface area contributed by atoms with Crippen LogP contribution in [0.1, 0.15) is 31.0 Å². The van der Waals surface area contributed by atoms with Crippen molar-refractivity contribution >= 4 is 51.1 Å². The molecule has 6 nitrogen and oxygen atoms in total. The quantitative estimate of drug-likeness (QED) is 0.333. The summed E-state index contributed by atoms with van der Waals surface area (Å²) in [6.45, 7) is 3.79. The van der Waals surface area contributed by atoms with E-state index >= 15 is 0 Å². The lowest BCUT2D eigenvalue weighted by molar-refractivity contribution is -0.139. The Morgan fingerprint density at radius 1 is 1.26 bits per heavy atom.